The van der Waals surface area contributed by atoms with Crippen LogP contribution in [0, 0.1) is 5.92 Å². The molecule has 0 spiro atoms. The monoisotopic (exact) mass is 495 g/mol. The number of piperidine rings is 1. The number of benzene rings is 2. The van der Waals surface area contributed by atoms with Crippen LogP contribution in [0.15, 0.2) is 82.3 Å². The highest BCUT2D eigenvalue weighted by Gasteiger charge is 2.22. The Morgan fingerprint density at radius 1 is 1.03 bits per heavy atom. The lowest BCUT2D eigenvalue weighted by molar-refractivity contribution is -0.117. The lowest BCUT2D eigenvalue weighted by Gasteiger charge is -2.34. The molecule has 35 heavy (non-hydrogen) atoms. The zero-order chi connectivity index (χ0) is 24.7. The van der Waals surface area contributed by atoms with Crippen molar-refractivity contribution in [2.75, 3.05) is 42.7 Å². The van der Waals surface area contributed by atoms with E-state index in [-0.39, 0.29) is 10.8 Å². The molecule has 3 aromatic rings. The van der Waals surface area contributed by atoms with E-state index in [1.54, 1.807) is 18.4 Å². The Kier molecular flexibility index (Phi) is 8.25. The molecule has 7 nitrogen and oxygen atoms in total. The highest BCUT2D eigenvalue weighted by molar-refractivity contribution is 7.90. The number of nitrogens with zero attached hydrogens (tertiary/aromatic N) is 2. The third kappa shape index (κ3) is 7.44. The third-order valence-corrected chi connectivity index (χ3v) is 7.61. The third-order valence-electron chi connectivity index (χ3n) is 6.48. The second-order valence-electron chi connectivity index (χ2n) is 9.17. The fourth-order valence-electron chi connectivity index (χ4n) is 4.46. The van der Waals surface area contributed by atoms with Gasteiger partial charge in [0, 0.05) is 37.1 Å². The highest BCUT2D eigenvalue weighted by atomic mass is 32.2. The number of hydrogen-bond acceptors (Lipinski definition) is 6. The normalized spacial score (nSPS) is 15.1. The predicted molar refractivity (Wildman–Crippen MR) is 138 cm³/mol. The first-order chi connectivity index (χ1) is 16.9. The van der Waals surface area contributed by atoms with Gasteiger partial charge in [-0.15, -0.1) is 0 Å². The van der Waals surface area contributed by atoms with E-state index in [4.69, 9.17) is 4.42 Å². The summed E-state index contributed by atoms with van der Waals surface area (Å²) in [6.45, 7) is 4.55. The zero-order valence-electron chi connectivity index (χ0n) is 20.1. The fourth-order valence-corrected chi connectivity index (χ4v) is 5.10. The number of likely N-dealkylation sites (tertiary alicyclic amines) is 1. The Labute approximate surface area is 207 Å². The van der Waals surface area contributed by atoms with Crippen LogP contribution in [-0.4, -0.2) is 51.7 Å². The Balaban J connectivity index is 1.22. The molecule has 1 aliphatic rings. The number of rotatable bonds is 10. The molecule has 1 saturated heterocycles. The SMILES string of the molecule is CS(=O)(=O)c1ccc(NC(=O)CC2CCN(CCN(Cc3ccco3)c3ccccc3)CC2)cc1. The second kappa shape index (κ2) is 11.6. The van der Waals surface area contributed by atoms with Gasteiger partial charge in [-0.2, -0.15) is 0 Å². The van der Waals surface area contributed by atoms with Crippen LogP contribution in [0.4, 0.5) is 11.4 Å². The van der Waals surface area contributed by atoms with Crippen LogP contribution in [0.25, 0.3) is 0 Å². The van der Waals surface area contributed by atoms with Crippen molar-refractivity contribution in [2.45, 2.75) is 30.7 Å². The molecule has 1 amide bonds. The molecule has 8 heteroatoms. The minimum atomic E-state index is -3.24. The first-order valence-corrected chi connectivity index (χ1v) is 13.9. The molecular formula is C27H33N3O4S. The lowest BCUT2D eigenvalue weighted by atomic mass is 9.93. The van der Waals surface area contributed by atoms with Gasteiger partial charge >= 0.3 is 0 Å². The first-order valence-electron chi connectivity index (χ1n) is 12.0. The summed E-state index contributed by atoms with van der Waals surface area (Å²) in [5.74, 6) is 1.28. The van der Waals surface area contributed by atoms with E-state index in [2.05, 4.69) is 39.4 Å². The van der Waals surface area contributed by atoms with Gasteiger partial charge in [0.05, 0.1) is 17.7 Å². The maximum absolute atomic E-state index is 12.5. The Hall–Kier alpha value is -3.10. The Bertz CT molecular complexity index is 1170. The van der Waals surface area contributed by atoms with Crippen molar-refractivity contribution in [1.82, 2.24) is 4.90 Å². The van der Waals surface area contributed by atoms with Gasteiger partial charge in [-0.1, -0.05) is 18.2 Å². The Morgan fingerprint density at radius 2 is 1.74 bits per heavy atom. The van der Waals surface area contributed by atoms with Crippen LogP contribution in [0.2, 0.25) is 0 Å². The second-order valence-corrected chi connectivity index (χ2v) is 11.2. The molecule has 1 aromatic heterocycles. The van der Waals surface area contributed by atoms with Crippen molar-refractivity contribution in [3.63, 3.8) is 0 Å². The highest BCUT2D eigenvalue weighted by Crippen LogP contribution is 2.23. The molecule has 0 radical (unpaired) electrons. The average Bonchev–Trinajstić information content (AvgIpc) is 3.36. The van der Waals surface area contributed by atoms with E-state index >= 15 is 0 Å². The number of nitrogens with one attached hydrogen (secondary N) is 1. The van der Waals surface area contributed by atoms with E-state index in [9.17, 15) is 13.2 Å². The van der Waals surface area contributed by atoms with Gasteiger partial charge in [0.2, 0.25) is 5.91 Å². The number of carbonyl (C=O) groups is 1. The van der Waals surface area contributed by atoms with Crippen LogP contribution in [0.1, 0.15) is 25.0 Å². The number of furan rings is 1. The summed E-state index contributed by atoms with van der Waals surface area (Å²) in [6.07, 6.45) is 5.35. The standard InChI is InChI=1S/C27H33N3O4S/c1-35(32,33)26-11-9-23(10-12-26)28-27(31)20-22-13-15-29(16-14-22)17-18-30(21-25-8-5-19-34-25)24-6-3-2-4-7-24/h2-12,19,22H,13-18,20-21H2,1H3,(H,28,31). The molecule has 0 saturated carbocycles. The number of para-hydroxylation sites is 1. The van der Waals surface area contributed by atoms with E-state index in [1.807, 2.05) is 18.2 Å². The van der Waals surface area contributed by atoms with E-state index in [0.717, 1.165) is 51.3 Å². The molecule has 2 aromatic carbocycles. The zero-order valence-corrected chi connectivity index (χ0v) is 20.9. The van der Waals surface area contributed by atoms with E-state index < -0.39 is 9.84 Å². The van der Waals surface area contributed by atoms with Crippen molar-refractivity contribution >= 4 is 27.1 Å². The van der Waals surface area contributed by atoms with Crippen molar-refractivity contribution in [2.24, 2.45) is 5.92 Å². The van der Waals surface area contributed by atoms with Crippen molar-refractivity contribution in [3.8, 4) is 0 Å². The predicted octanol–water partition coefficient (Wildman–Crippen LogP) is 4.43. The smallest absolute Gasteiger partial charge is 0.224 e. The van der Waals surface area contributed by atoms with Crippen LogP contribution >= 0.6 is 0 Å². The number of amides is 1. The van der Waals surface area contributed by atoms with Gasteiger partial charge in [0.1, 0.15) is 5.76 Å². The topological polar surface area (TPSA) is 82.9 Å². The van der Waals surface area contributed by atoms with Crippen molar-refractivity contribution in [1.29, 1.82) is 0 Å². The summed E-state index contributed by atoms with van der Waals surface area (Å²) >= 11 is 0. The molecule has 0 unspecified atom stereocenters. The van der Waals surface area contributed by atoms with Crippen LogP contribution in [-0.2, 0) is 21.2 Å². The first kappa shape index (κ1) is 25.0. The summed E-state index contributed by atoms with van der Waals surface area (Å²) in [7, 11) is -3.24. The summed E-state index contributed by atoms with van der Waals surface area (Å²) in [4.78, 5) is 17.6. The van der Waals surface area contributed by atoms with Gasteiger partial charge in [0.25, 0.3) is 0 Å². The number of anilines is 2. The molecule has 186 valence electrons. The lowest BCUT2D eigenvalue weighted by Crippen LogP contribution is -2.40. The molecule has 2 heterocycles. The van der Waals surface area contributed by atoms with Gasteiger partial charge in [0.15, 0.2) is 9.84 Å². The number of carbonyl (C=O) groups excluding carboxylic acids is 1. The summed E-state index contributed by atoms with van der Waals surface area (Å²) < 4.78 is 28.7. The molecule has 1 aliphatic heterocycles. The number of hydrogen-bond donors (Lipinski definition) is 1. The largest absolute Gasteiger partial charge is 0.467 e. The van der Waals surface area contributed by atoms with E-state index in [0.29, 0.717) is 18.0 Å². The van der Waals surface area contributed by atoms with Crippen molar-refractivity contribution < 1.29 is 17.6 Å². The van der Waals surface area contributed by atoms with Gasteiger partial charge in [-0.05, 0) is 80.4 Å². The minimum Gasteiger partial charge on any atom is -0.467 e. The minimum absolute atomic E-state index is 0.0238. The summed E-state index contributed by atoms with van der Waals surface area (Å²) in [5, 5.41) is 2.90. The maximum Gasteiger partial charge on any atom is 0.224 e. The number of sulfone groups is 1. The fraction of sp³-hybridized carbons (Fsp3) is 0.370. The molecule has 4 rings (SSSR count). The maximum atomic E-state index is 12.5. The quantitative estimate of drug-likeness (QED) is 0.448. The van der Waals surface area contributed by atoms with Gasteiger partial charge < -0.3 is 19.5 Å². The molecule has 1 N–H and O–H groups in total. The van der Waals surface area contributed by atoms with Crippen LogP contribution in [0.5, 0.6) is 0 Å². The Morgan fingerprint density at radius 3 is 2.37 bits per heavy atom. The van der Waals surface area contributed by atoms with Gasteiger partial charge in [-0.25, -0.2) is 8.42 Å². The van der Waals surface area contributed by atoms with Crippen LogP contribution in [0.3, 0.4) is 0 Å². The summed E-state index contributed by atoms with van der Waals surface area (Å²) in [5.41, 5.74) is 1.80. The summed E-state index contributed by atoms with van der Waals surface area (Å²) in [6, 6.07) is 20.6. The molecule has 1 fully saturated rings. The molecule has 0 aliphatic carbocycles. The van der Waals surface area contributed by atoms with Crippen molar-refractivity contribution in [3.05, 3.63) is 78.8 Å². The van der Waals surface area contributed by atoms with Gasteiger partial charge in [-0.3, -0.25) is 4.79 Å². The van der Waals surface area contributed by atoms with Crippen LogP contribution < -0.4 is 10.2 Å². The molecular weight excluding hydrogens is 462 g/mol. The average molecular weight is 496 g/mol. The molecule has 0 atom stereocenters. The molecule has 0 bridgehead atoms. The van der Waals surface area contributed by atoms with E-state index in [1.165, 1.54) is 24.1 Å².